The summed E-state index contributed by atoms with van der Waals surface area (Å²) in [5.41, 5.74) is 3.48. The van der Waals surface area contributed by atoms with Crippen molar-refractivity contribution in [2.45, 2.75) is 26.3 Å². The van der Waals surface area contributed by atoms with Crippen molar-refractivity contribution in [2.75, 3.05) is 18.2 Å². The lowest BCUT2D eigenvalue weighted by atomic mass is 10.1. The van der Waals surface area contributed by atoms with E-state index < -0.39 is 0 Å². The van der Waals surface area contributed by atoms with Gasteiger partial charge in [-0.2, -0.15) is 0 Å². The molecule has 2 aliphatic rings. The molecule has 2 aromatic carbocycles. The van der Waals surface area contributed by atoms with Gasteiger partial charge in [0.25, 0.3) is 5.91 Å². The number of nitrogens with one attached hydrogen (secondary N) is 1. The number of hydrogen-bond donors (Lipinski definition) is 1. The highest BCUT2D eigenvalue weighted by atomic mass is 16.7. The highest BCUT2D eigenvalue weighted by Crippen LogP contribution is 2.34. The van der Waals surface area contributed by atoms with Gasteiger partial charge in [0.15, 0.2) is 11.5 Å². The SMILES string of the molecule is CC(=O)N1CCc2cc(C(=O)NC(C)c3ccc4c(c3)OCO4)ccc21. The summed E-state index contributed by atoms with van der Waals surface area (Å²) in [7, 11) is 0. The molecule has 0 saturated carbocycles. The molecule has 0 spiro atoms. The zero-order chi connectivity index (χ0) is 18.3. The molecule has 26 heavy (non-hydrogen) atoms. The van der Waals surface area contributed by atoms with E-state index in [1.54, 1.807) is 17.9 Å². The Morgan fingerprint density at radius 2 is 1.92 bits per heavy atom. The number of rotatable bonds is 3. The van der Waals surface area contributed by atoms with Crippen LogP contribution in [0.4, 0.5) is 5.69 Å². The highest BCUT2D eigenvalue weighted by molar-refractivity contribution is 5.98. The second kappa shape index (κ2) is 6.37. The first-order chi connectivity index (χ1) is 12.5. The van der Waals surface area contributed by atoms with Crippen molar-refractivity contribution in [2.24, 2.45) is 0 Å². The molecule has 0 fully saturated rings. The molecule has 2 amide bonds. The van der Waals surface area contributed by atoms with Crippen LogP contribution in [0, 0.1) is 0 Å². The molecule has 2 heterocycles. The van der Waals surface area contributed by atoms with Crippen LogP contribution in [-0.2, 0) is 11.2 Å². The third-order valence-electron chi connectivity index (χ3n) is 4.86. The van der Waals surface area contributed by atoms with Gasteiger partial charge in [0.1, 0.15) is 0 Å². The van der Waals surface area contributed by atoms with Crippen molar-refractivity contribution in [1.82, 2.24) is 5.32 Å². The summed E-state index contributed by atoms with van der Waals surface area (Å²) in [5, 5.41) is 3.01. The summed E-state index contributed by atoms with van der Waals surface area (Å²) in [5.74, 6) is 1.31. The predicted molar refractivity (Wildman–Crippen MR) is 96.6 cm³/mol. The number of amides is 2. The molecule has 0 aromatic heterocycles. The van der Waals surface area contributed by atoms with E-state index in [9.17, 15) is 9.59 Å². The average Bonchev–Trinajstić information content (AvgIpc) is 3.26. The third-order valence-corrected chi connectivity index (χ3v) is 4.86. The van der Waals surface area contributed by atoms with Crippen LogP contribution < -0.4 is 19.7 Å². The molecule has 0 aliphatic carbocycles. The maximum atomic E-state index is 12.6. The zero-order valence-electron chi connectivity index (χ0n) is 14.7. The van der Waals surface area contributed by atoms with Gasteiger partial charge in [-0.15, -0.1) is 0 Å². The van der Waals surface area contributed by atoms with Crippen molar-refractivity contribution in [3.05, 3.63) is 53.1 Å². The van der Waals surface area contributed by atoms with Gasteiger partial charge < -0.3 is 19.7 Å². The van der Waals surface area contributed by atoms with Gasteiger partial charge in [0.2, 0.25) is 12.7 Å². The van der Waals surface area contributed by atoms with Crippen LogP contribution in [0.25, 0.3) is 0 Å². The molecule has 2 aliphatic heterocycles. The molecule has 6 nitrogen and oxygen atoms in total. The Labute approximate surface area is 151 Å². The number of anilines is 1. The van der Waals surface area contributed by atoms with E-state index in [1.165, 1.54) is 0 Å². The predicted octanol–water partition coefficient (Wildman–Crippen LogP) is 2.82. The van der Waals surface area contributed by atoms with Crippen LogP contribution in [-0.4, -0.2) is 25.2 Å². The molecule has 4 rings (SSSR count). The lowest BCUT2D eigenvalue weighted by molar-refractivity contribution is -0.116. The van der Waals surface area contributed by atoms with Crippen molar-refractivity contribution >= 4 is 17.5 Å². The summed E-state index contributed by atoms with van der Waals surface area (Å²) < 4.78 is 10.7. The minimum atomic E-state index is -0.168. The van der Waals surface area contributed by atoms with E-state index in [0.717, 1.165) is 29.0 Å². The summed E-state index contributed by atoms with van der Waals surface area (Å²) in [6, 6.07) is 11.0. The summed E-state index contributed by atoms with van der Waals surface area (Å²) in [6.45, 7) is 4.39. The first kappa shape index (κ1) is 16.4. The largest absolute Gasteiger partial charge is 0.454 e. The summed E-state index contributed by atoms with van der Waals surface area (Å²) in [4.78, 5) is 26.0. The number of carbonyl (C=O) groups excluding carboxylic acids is 2. The Hall–Kier alpha value is -3.02. The molecule has 1 atom stereocenters. The standard InChI is InChI=1S/C20H20N2O4/c1-12(14-4-6-18-19(10-14)26-11-25-18)21-20(24)16-3-5-17-15(9-16)7-8-22(17)13(2)23/h3-6,9-10,12H,7-8,11H2,1-2H3,(H,21,24). The molecule has 1 N–H and O–H groups in total. The first-order valence-corrected chi connectivity index (χ1v) is 8.64. The Bertz CT molecular complexity index is 893. The van der Waals surface area contributed by atoms with Gasteiger partial charge in [-0.3, -0.25) is 9.59 Å². The monoisotopic (exact) mass is 352 g/mol. The number of nitrogens with zero attached hydrogens (tertiary/aromatic N) is 1. The Kier molecular flexibility index (Phi) is 4.03. The number of hydrogen-bond acceptors (Lipinski definition) is 4. The lowest BCUT2D eigenvalue weighted by Crippen LogP contribution is -2.27. The fraction of sp³-hybridized carbons (Fsp3) is 0.300. The zero-order valence-corrected chi connectivity index (χ0v) is 14.7. The molecule has 0 radical (unpaired) electrons. The molecule has 0 saturated heterocycles. The van der Waals surface area contributed by atoms with Crippen LogP contribution in [0.5, 0.6) is 11.5 Å². The van der Waals surface area contributed by atoms with E-state index in [0.29, 0.717) is 17.9 Å². The summed E-state index contributed by atoms with van der Waals surface area (Å²) in [6.07, 6.45) is 0.772. The van der Waals surface area contributed by atoms with Gasteiger partial charge in [-0.05, 0) is 54.8 Å². The van der Waals surface area contributed by atoms with Gasteiger partial charge in [-0.25, -0.2) is 0 Å². The average molecular weight is 352 g/mol. The van der Waals surface area contributed by atoms with Gasteiger partial charge in [0.05, 0.1) is 6.04 Å². The van der Waals surface area contributed by atoms with Gasteiger partial charge >= 0.3 is 0 Å². The van der Waals surface area contributed by atoms with Crippen molar-refractivity contribution in [1.29, 1.82) is 0 Å². The van der Waals surface area contributed by atoms with Crippen LogP contribution in [0.1, 0.15) is 41.4 Å². The number of fused-ring (bicyclic) bond motifs is 2. The van der Waals surface area contributed by atoms with E-state index in [1.807, 2.05) is 37.3 Å². The smallest absolute Gasteiger partial charge is 0.251 e. The van der Waals surface area contributed by atoms with E-state index in [2.05, 4.69) is 5.32 Å². The number of ether oxygens (including phenoxy) is 2. The molecule has 2 aromatic rings. The molecule has 0 bridgehead atoms. The molecular weight excluding hydrogens is 332 g/mol. The minimum Gasteiger partial charge on any atom is -0.454 e. The Morgan fingerprint density at radius 1 is 1.12 bits per heavy atom. The Balaban J connectivity index is 1.49. The lowest BCUT2D eigenvalue weighted by Gasteiger charge is -2.16. The normalized spacial score (nSPS) is 15.5. The highest BCUT2D eigenvalue weighted by Gasteiger charge is 2.23. The van der Waals surface area contributed by atoms with Crippen molar-refractivity contribution in [3.63, 3.8) is 0 Å². The maximum Gasteiger partial charge on any atom is 0.251 e. The van der Waals surface area contributed by atoms with E-state index in [-0.39, 0.29) is 24.6 Å². The van der Waals surface area contributed by atoms with E-state index >= 15 is 0 Å². The van der Waals surface area contributed by atoms with Crippen LogP contribution >= 0.6 is 0 Å². The Morgan fingerprint density at radius 3 is 2.73 bits per heavy atom. The van der Waals surface area contributed by atoms with Crippen LogP contribution in [0.2, 0.25) is 0 Å². The van der Waals surface area contributed by atoms with Gasteiger partial charge in [0, 0.05) is 24.7 Å². The second-order valence-electron chi connectivity index (χ2n) is 6.57. The number of benzene rings is 2. The fourth-order valence-corrected chi connectivity index (χ4v) is 3.42. The first-order valence-electron chi connectivity index (χ1n) is 8.64. The minimum absolute atomic E-state index is 0.0254. The molecule has 6 heteroatoms. The topological polar surface area (TPSA) is 67.9 Å². The summed E-state index contributed by atoms with van der Waals surface area (Å²) >= 11 is 0. The molecular formula is C20H20N2O4. The van der Waals surface area contributed by atoms with Gasteiger partial charge in [-0.1, -0.05) is 6.07 Å². The fourth-order valence-electron chi connectivity index (χ4n) is 3.42. The number of carbonyl (C=O) groups is 2. The third kappa shape index (κ3) is 2.87. The maximum absolute atomic E-state index is 12.6. The molecule has 1 unspecified atom stereocenters. The van der Waals surface area contributed by atoms with Crippen molar-refractivity contribution < 1.29 is 19.1 Å². The van der Waals surface area contributed by atoms with Crippen molar-refractivity contribution in [3.8, 4) is 11.5 Å². The van der Waals surface area contributed by atoms with E-state index in [4.69, 9.17) is 9.47 Å². The molecule has 134 valence electrons. The quantitative estimate of drug-likeness (QED) is 0.922. The van der Waals surface area contributed by atoms with Crippen LogP contribution in [0.15, 0.2) is 36.4 Å². The van der Waals surface area contributed by atoms with Crippen LogP contribution in [0.3, 0.4) is 0 Å². The second-order valence-corrected chi connectivity index (χ2v) is 6.57.